The van der Waals surface area contributed by atoms with Gasteiger partial charge >= 0.3 is 6.55 Å². The number of nitrogens with one attached hydrogen (secondary N) is 1. The predicted molar refractivity (Wildman–Crippen MR) is 154 cm³/mol. The minimum absolute atomic E-state index is 0.153. The lowest BCUT2D eigenvalue weighted by Gasteiger charge is -2.38. The molecular weight excluding hydrogens is 591 g/mol. The van der Waals surface area contributed by atoms with Gasteiger partial charge in [-0.15, -0.1) is 10.2 Å². The van der Waals surface area contributed by atoms with Gasteiger partial charge in [-0.1, -0.05) is 35.1 Å². The van der Waals surface area contributed by atoms with Crippen molar-refractivity contribution in [2.24, 2.45) is 5.92 Å². The first kappa shape index (κ1) is 28.6. The zero-order chi connectivity index (χ0) is 31.1. The van der Waals surface area contributed by atoms with E-state index < -0.39 is 24.7 Å². The summed E-state index contributed by atoms with van der Waals surface area (Å²) in [4.78, 5) is 38.4. The molecule has 3 aromatic heterocycles. The minimum Gasteiger partial charge on any atom is -0.436 e. The van der Waals surface area contributed by atoms with Crippen LogP contribution in [-0.2, 0) is 4.79 Å². The van der Waals surface area contributed by atoms with Crippen LogP contribution in [0.25, 0.3) is 22.6 Å². The molecule has 2 aliphatic rings. The third-order valence-corrected chi connectivity index (χ3v) is 7.88. The largest absolute Gasteiger partial charge is 0.436 e. The minimum atomic E-state index is -2.90. The van der Waals surface area contributed by atoms with Gasteiger partial charge in [-0.2, -0.15) is 8.78 Å². The number of rotatable bonds is 8. The molecule has 0 radical (unpaired) electrons. The second kappa shape index (κ2) is 11.7. The number of carbonyl (C=O) groups is 2. The molecule has 15 heteroatoms. The van der Waals surface area contributed by atoms with E-state index in [2.05, 4.69) is 30.7 Å². The third kappa shape index (κ3) is 5.85. The van der Waals surface area contributed by atoms with Crippen molar-refractivity contribution in [3.8, 4) is 11.5 Å². The van der Waals surface area contributed by atoms with Gasteiger partial charge in [-0.25, -0.2) is 9.37 Å². The monoisotopic (exact) mass is 617 g/mol. The number of alkyl halides is 3. The molecule has 230 valence electrons. The Hall–Kier alpha value is -5.18. The molecule has 2 aromatic carbocycles. The van der Waals surface area contributed by atoms with E-state index in [-0.39, 0.29) is 40.4 Å². The van der Waals surface area contributed by atoms with Crippen molar-refractivity contribution >= 4 is 28.6 Å². The van der Waals surface area contributed by atoms with E-state index >= 15 is 0 Å². The number of benzene rings is 2. The summed E-state index contributed by atoms with van der Waals surface area (Å²) < 4.78 is 45.5. The Labute approximate surface area is 253 Å². The molecular formula is C30H26F3N9O3. The van der Waals surface area contributed by atoms with Gasteiger partial charge in [0.1, 0.15) is 17.4 Å². The van der Waals surface area contributed by atoms with Crippen molar-refractivity contribution in [2.75, 3.05) is 31.5 Å². The molecule has 1 saturated heterocycles. The summed E-state index contributed by atoms with van der Waals surface area (Å²) in [5, 5.41) is 14.0. The molecule has 5 aromatic rings. The third-order valence-electron chi connectivity index (χ3n) is 7.88. The first-order valence-electron chi connectivity index (χ1n) is 14.3. The van der Waals surface area contributed by atoms with Gasteiger partial charge in [0.2, 0.25) is 11.8 Å². The number of hydrogen-bond donors (Lipinski definition) is 1. The summed E-state index contributed by atoms with van der Waals surface area (Å²) in [7, 11) is 0. The van der Waals surface area contributed by atoms with Crippen molar-refractivity contribution in [2.45, 2.75) is 25.2 Å². The molecule has 3 atom stereocenters. The first-order chi connectivity index (χ1) is 21.8. The van der Waals surface area contributed by atoms with Crippen LogP contribution in [-0.4, -0.2) is 84.1 Å². The number of aromatic nitrogens is 6. The molecule has 4 heterocycles. The molecule has 0 spiro atoms. The average molecular weight is 618 g/mol. The maximum Gasteiger partial charge on any atom is 0.350 e. The number of oxazole rings is 1. The Morgan fingerprint density at radius 1 is 1.00 bits per heavy atom. The number of nitrogens with zero attached hydrogens (tertiary/aromatic N) is 8. The van der Waals surface area contributed by atoms with E-state index in [9.17, 15) is 22.8 Å². The Kier molecular flexibility index (Phi) is 7.45. The Morgan fingerprint density at radius 2 is 1.78 bits per heavy atom. The normalized spacial score (nSPS) is 19.2. The van der Waals surface area contributed by atoms with E-state index in [0.29, 0.717) is 48.5 Å². The molecule has 2 amide bonds. The fourth-order valence-corrected chi connectivity index (χ4v) is 5.41. The van der Waals surface area contributed by atoms with Gasteiger partial charge in [0, 0.05) is 43.6 Å². The second-order valence-corrected chi connectivity index (χ2v) is 10.9. The van der Waals surface area contributed by atoms with Crippen molar-refractivity contribution in [3.63, 3.8) is 0 Å². The molecule has 0 bridgehead atoms. The Morgan fingerprint density at radius 3 is 2.49 bits per heavy atom. The van der Waals surface area contributed by atoms with Crippen LogP contribution in [0.15, 0.2) is 71.3 Å². The number of piperazine rings is 1. The number of tetrazole rings is 1. The summed E-state index contributed by atoms with van der Waals surface area (Å²) in [5.74, 6) is -0.824. The van der Waals surface area contributed by atoms with Crippen LogP contribution < -0.4 is 5.32 Å². The number of amides is 2. The maximum atomic E-state index is 13.5. The van der Waals surface area contributed by atoms with Crippen LogP contribution in [0.3, 0.4) is 0 Å². The van der Waals surface area contributed by atoms with Gasteiger partial charge in [-0.05, 0) is 47.5 Å². The molecule has 12 nitrogen and oxygen atoms in total. The van der Waals surface area contributed by atoms with E-state index in [1.165, 1.54) is 6.20 Å². The SMILES string of the molecule is O=C(Nc1ccc2oc(-c3ccnc(C(=O)N4CCN(C(c5ccccc5)c5nnn(C(F)F)n5)CC4)c3)nc2c1)[C@H]1C[C@@H]1F. The standard InChI is InChI=1S/C30H26F3N9O3/c31-21-16-20(21)27(43)35-19-6-7-24-22(15-19)36-28(45-24)18-8-9-34-23(14-18)29(44)41-12-10-40(11-13-41)25(17-4-2-1-3-5-17)26-37-39-42(38-26)30(32)33/h1-9,14-15,20-21,25,30H,10-13,16H2,(H,35,43)/t20-,21-,25?/m0/s1. The van der Waals surface area contributed by atoms with E-state index in [4.69, 9.17) is 4.42 Å². The highest BCUT2D eigenvalue weighted by Gasteiger charge is 2.43. The van der Waals surface area contributed by atoms with Gasteiger partial charge in [-0.3, -0.25) is 19.5 Å². The summed E-state index contributed by atoms with van der Waals surface area (Å²) >= 11 is 0. The van der Waals surface area contributed by atoms with Gasteiger partial charge in [0.15, 0.2) is 11.4 Å². The highest BCUT2D eigenvalue weighted by molar-refractivity contribution is 5.96. The first-order valence-corrected chi connectivity index (χ1v) is 14.3. The predicted octanol–water partition coefficient (Wildman–Crippen LogP) is 4.12. The molecule has 1 saturated carbocycles. The number of anilines is 1. The number of carbonyl (C=O) groups excluding carboxylic acids is 2. The van der Waals surface area contributed by atoms with Crippen LogP contribution in [0.1, 0.15) is 40.9 Å². The van der Waals surface area contributed by atoms with Crippen molar-refractivity contribution < 1.29 is 27.2 Å². The lowest BCUT2D eigenvalue weighted by atomic mass is 10.0. The lowest BCUT2D eigenvalue weighted by molar-refractivity contribution is -0.117. The average Bonchev–Trinajstić information content (AvgIpc) is 3.40. The Balaban J connectivity index is 1.05. The highest BCUT2D eigenvalue weighted by Crippen LogP contribution is 2.35. The summed E-state index contributed by atoms with van der Waals surface area (Å²) in [6, 6.07) is 17.1. The van der Waals surface area contributed by atoms with Crippen LogP contribution in [0.2, 0.25) is 0 Å². The topological polar surface area (TPSA) is 135 Å². The van der Waals surface area contributed by atoms with Crippen LogP contribution in [0, 0.1) is 5.92 Å². The van der Waals surface area contributed by atoms with Crippen molar-refractivity contribution in [1.29, 1.82) is 0 Å². The summed E-state index contributed by atoms with van der Waals surface area (Å²) in [6.07, 6.45) is 0.651. The molecule has 2 fully saturated rings. The van der Waals surface area contributed by atoms with Crippen molar-refractivity contribution in [1.82, 2.24) is 40.0 Å². The molecule has 1 aliphatic carbocycles. The number of pyridine rings is 1. The Bertz CT molecular complexity index is 1860. The van der Waals surface area contributed by atoms with E-state index in [1.807, 2.05) is 35.2 Å². The van der Waals surface area contributed by atoms with E-state index in [1.54, 1.807) is 35.2 Å². The molecule has 1 aliphatic heterocycles. The summed E-state index contributed by atoms with van der Waals surface area (Å²) in [5.41, 5.74) is 3.04. The molecule has 1 N–H and O–H groups in total. The molecule has 45 heavy (non-hydrogen) atoms. The zero-order valence-corrected chi connectivity index (χ0v) is 23.6. The number of fused-ring (bicyclic) bond motifs is 1. The molecule has 7 rings (SSSR count). The number of halogens is 3. The van der Waals surface area contributed by atoms with Crippen molar-refractivity contribution in [3.05, 3.63) is 83.9 Å². The second-order valence-electron chi connectivity index (χ2n) is 10.9. The molecule has 1 unspecified atom stereocenters. The maximum absolute atomic E-state index is 13.5. The number of hydrogen-bond acceptors (Lipinski definition) is 9. The smallest absolute Gasteiger partial charge is 0.350 e. The van der Waals surface area contributed by atoms with Gasteiger partial charge in [0.25, 0.3) is 5.91 Å². The lowest BCUT2D eigenvalue weighted by Crippen LogP contribution is -2.50. The quantitative estimate of drug-likeness (QED) is 0.273. The fourth-order valence-electron chi connectivity index (χ4n) is 5.41. The highest BCUT2D eigenvalue weighted by atomic mass is 19.3. The fraction of sp³-hybridized carbons (Fsp3) is 0.300. The van der Waals surface area contributed by atoms with Crippen LogP contribution in [0.5, 0.6) is 0 Å². The van der Waals surface area contributed by atoms with E-state index in [0.717, 1.165) is 5.56 Å². The van der Waals surface area contributed by atoms with Gasteiger partial charge < -0.3 is 14.6 Å². The summed E-state index contributed by atoms with van der Waals surface area (Å²) in [6.45, 7) is -1.31. The zero-order valence-electron chi connectivity index (χ0n) is 23.6. The van der Waals surface area contributed by atoms with Gasteiger partial charge in [0.05, 0.1) is 12.0 Å². The van der Waals surface area contributed by atoms with Crippen LogP contribution >= 0.6 is 0 Å². The van der Waals surface area contributed by atoms with Crippen LogP contribution in [0.4, 0.5) is 18.9 Å².